The van der Waals surface area contributed by atoms with E-state index < -0.39 is 18.9 Å². The number of aryl methyl sites for hydroxylation is 1. The van der Waals surface area contributed by atoms with Gasteiger partial charge in [-0.05, 0) is 10.8 Å². The van der Waals surface area contributed by atoms with E-state index in [1.165, 1.54) is 75.9 Å². The van der Waals surface area contributed by atoms with Gasteiger partial charge in [-0.3, -0.25) is 0 Å². The van der Waals surface area contributed by atoms with E-state index in [9.17, 15) is 0 Å². The van der Waals surface area contributed by atoms with Crippen molar-refractivity contribution in [2.45, 2.75) is 29.9 Å². The Hall–Kier alpha value is -5.26. The van der Waals surface area contributed by atoms with Crippen molar-refractivity contribution in [1.29, 1.82) is 0 Å². The van der Waals surface area contributed by atoms with E-state index in [1.807, 2.05) is 0 Å². The molecule has 4 heteroatoms. The van der Waals surface area contributed by atoms with Crippen molar-refractivity contribution in [3.8, 4) is 22.5 Å². The number of pyridine rings is 2. The molecule has 9 aromatic rings. The van der Waals surface area contributed by atoms with Crippen LogP contribution < -0.4 is 13.5 Å². The van der Waals surface area contributed by atoms with Gasteiger partial charge in [-0.2, -0.15) is 0 Å². The Labute approximate surface area is 287 Å². The molecule has 0 saturated carbocycles. The summed E-state index contributed by atoms with van der Waals surface area (Å²) in [4.78, 5) is 0. The van der Waals surface area contributed by atoms with Crippen molar-refractivity contribution < 1.29 is 13.6 Å². The molecule has 0 amide bonds. The van der Waals surface area contributed by atoms with E-state index in [-0.39, 0.29) is 0 Å². The van der Waals surface area contributed by atoms with Crippen molar-refractivity contribution in [2.24, 2.45) is 0 Å². The zero-order valence-electron chi connectivity index (χ0n) is 28.0. The molecular formula is C45H34GeN2O+2. The maximum atomic E-state index is 7.10. The summed E-state index contributed by atoms with van der Waals surface area (Å²) in [6.45, 7) is 2.20. The van der Waals surface area contributed by atoms with Crippen LogP contribution in [-0.2, 0) is 5.66 Å². The second-order valence-electron chi connectivity index (χ2n) is 15.1. The molecule has 0 N–H and O–H groups in total. The second-order valence-corrected chi connectivity index (χ2v) is 25.7. The van der Waals surface area contributed by atoms with Crippen LogP contribution in [-0.4, -0.2) is 13.3 Å². The second kappa shape index (κ2) is 9.25. The molecule has 49 heavy (non-hydrogen) atoms. The predicted molar refractivity (Wildman–Crippen MR) is 203 cm³/mol. The molecule has 1 spiro atoms. The van der Waals surface area contributed by atoms with Gasteiger partial charge in [0, 0.05) is 0 Å². The van der Waals surface area contributed by atoms with Crippen molar-refractivity contribution >= 4 is 71.9 Å². The van der Waals surface area contributed by atoms with Gasteiger partial charge in [0.2, 0.25) is 0 Å². The average Bonchev–Trinajstić information content (AvgIpc) is 3.73. The number of hydrogen-bond acceptors (Lipinski definition) is 1. The third kappa shape index (κ3) is 3.39. The molecule has 0 aliphatic carbocycles. The van der Waals surface area contributed by atoms with E-state index in [0.717, 1.165) is 21.9 Å². The quantitative estimate of drug-likeness (QED) is 0.0955. The van der Waals surface area contributed by atoms with Gasteiger partial charge < -0.3 is 0 Å². The fourth-order valence-corrected chi connectivity index (χ4v) is 11.4. The Kier molecular flexibility index (Phi) is 5.22. The molecule has 0 fully saturated rings. The van der Waals surface area contributed by atoms with Gasteiger partial charge in [-0.25, -0.2) is 0 Å². The molecule has 3 nitrogen and oxygen atoms in total. The molecule has 0 bridgehead atoms. The summed E-state index contributed by atoms with van der Waals surface area (Å²) in [5, 5.41) is 9.92. The van der Waals surface area contributed by atoms with Crippen molar-refractivity contribution in [3.05, 3.63) is 150 Å². The molecule has 11 rings (SSSR count). The van der Waals surface area contributed by atoms with Crippen LogP contribution in [0, 0.1) is 6.92 Å². The minimum absolute atomic E-state index is 0.557. The average molecular weight is 691 g/mol. The summed E-state index contributed by atoms with van der Waals surface area (Å²) in [5.74, 6) is 7.45. The van der Waals surface area contributed by atoms with Crippen LogP contribution in [0.15, 0.2) is 138 Å². The van der Waals surface area contributed by atoms with Gasteiger partial charge in [0.1, 0.15) is 0 Å². The molecule has 6 aromatic carbocycles. The number of benzene rings is 6. The SMILES string of the molecule is Cc1cc[n+]2c(c1)-c1c(ccc3c1oc1cc4c5ccccc5c5ccccc5c4cc13)C21c2ccccc2-c2cc[c]([Ge]([CH3])([CH3])[CH3])c[n+]21. The standard InChI is InChI=1S/C45H34GeN2O/c1-27-21-22-47-41(23-27)43-39(45(47)38-16-10-9-15-34(38)40-20-17-28(26-48(40)45)46(2,3)4)19-18-33-37-24-35-31-13-7-5-11-29(31)30-12-6-8-14-32(30)36(35)25-42(37)49-44(33)43/h5-26H,1-4H3/q+2. The summed E-state index contributed by atoms with van der Waals surface area (Å²) in [5.41, 5.74) is 10.1. The van der Waals surface area contributed by atoms with E-state index in [2.05, 4.69) is 167 Å². The van der Waals surface area contributed by atoms with E-state index in [4.69, 9.17) is 4.42 Å². The molecule has 2 aliphatic rings. The van der Waals surface area contributed by atoms with E-state index in [0.29, 0.717) is 0 Å². The first kappa shape index (κ1) is 27.7. The molecule has 232 valence electrons. The number of rotatable bonds is 1. The Bertz CT molecular complexity index is 2950. The van der Waals surface area contributed by atoms with Crippen LogP contribution in [0.3, 0.4) is 0 Å². The summed E-state index contributed by atoms with van der Waals surface area (Å²) in [6, 6.07) is 45.3. The van der Waals surface area contributed by atoms with Crippen LogP contribution >= 0.6 is 0 Å². The topological polar surface area (TPSA) is 20.9 Å². The Morgan fingerprint density at radius 1 is 0.551 bits per heavy atom. The summed E-state index contributed by atoms with van der Waals surface area (Å²) in [7, 11) is 0. The Morgan fingerprint density at radius 3 is 1.96 bits per heavy atom. The van der Waals surface area contributed by atoms with Crippen LogP contribution in [0.25, 0.3) is 76.8 Å². The van der Waals surface area contributed by atoms with Gasteiger partial charge in [-0.1, -0.05) is 48.5 Å². The molecule has 0 saturated heterocycles. The number of furan rings is 1. The maximum absolute atomic E-state index is 7.10. The van der Waals surface area contributed by atoms with Crippen molar-refractivity contribution in [3.63, 3.8) is 0 Å². The first-order chi connectivity index (χ1) is 23.8. The van der Waals surface area contributed by atoms with Crippen molar-refractivity contribution in [1.82, 2.24) is 0 Å². The van der Waals surface area contributed by atoms with Gasteiger partial charge in [-0.15, -0.1) is 0 Å². The number of aromatic nitrogens is 2. The fourth-order valence-electron chi connectivity index (χ4n) is 9.08. The van der Waals surface area contributed by atoms with Crippen LogP contribution in [0.2, 0.25) is 17.3 Å². The van der Waals surface area contributed by atoms with E-state index >= 15 is 0 Å². The monoisotopic (exact) mass is 692 g/mol. The van der Waals surface area contributed by atoms with E-state index in [1.54, 1.807) is 0 Å². The zero-order chi connectivity index (χ0) is 32.8. The number of fused-ring (bicyclic) bond motifs is 20. The van der Waals surface area contributed by atoms with Crippen LogP contribution in [0.4, 0.5) is 0 Å². The molecule has 5 heterocycles. The number of hydrogen-bond donors (Lipinski definition) is 0. The minimum atomic E-state index is -2.18. The fraction of sp³-hybridized carbons (Fsp3) is 0.111. The molecule has 1 unspecified atom stereocenters. The van der Waals surface area contributed by atoms with Crippen LogP contribution in [0.1, 0.15) is 16.7 Å². The summed E-state index contributed by atoms with van der Waals surface area (Å²) in [6.07, 6.45) is 4.78. The molecular weight excluding hydrogens is 657 g/mol. The Morgan fingerprint density at radius 2 is 1.22 bits per heavy atom. The molecule has 0 radical (unpaired) electrons. The predicted octanol–water partition coefficient (Wildman–Crippen LogP) is 9.73. The molecule has 1 atom stereocenters. The molecule has 2 aliphatic heterocycles. The Balaban J connectivity index is 1.30. The summed E-state index contributed by atoms with van der Waals surface area (Å²) < 4.78 is 13.7. The summed E-state index contributed by atoms with van der Waals surface area (Å²) >= 11 is -2.18. The normalized spacial score (nSPS) is 16.2. The zero-order valence-corrected chi connectivity index (χ0v) is 30.1. The van der Waals surface area contributed by atoms with Gasteiger partial charge >= 0.3 is 229 Å². The van der Waals surface area contributed by atoms with Gasteiger partial charge in [0.05, 0.1) is 0 Å². The number of nitrogens with zero attached hydrogens (tertiary/aromatic N) is 2. The first-order valence-corrected chi connectivity index (χ1v) is 24.6. The van der Waals surface area contributed by atoms with Gasteiger partial charge in [0.15, 0.2) is 0 Å². The van der Waals surface area contributed by atoms with Crippen molar-refractivity contribution in [2.75, 3.05) is 0 Å². The third-order valence-corrected chi connectivity index (χ3v) is 15.6. The first-order valence-electron chi connectivity index (χ1n) is 17.3. The third-order valence-electron chi connectivity index (χ3n) is 11.3. The van der Waals surface area contributed by atoms with Crippen LogP contribution in [0.5, 0.6) is 0 Å². The van der Waals surface area contributed by atoms with Gasteiger partial charge in [0.25, 0.3) is 0 Å². The molecule has 3 aromatic heterocycles.